The topological polar surface area (TPSA) is 57.5 Å². The Balaban J connectivity index is 1.64. The van der Waals surface area contributed by atoms with Gasteiger partial charge in [-0.05, 0) is 73.0 Å². The van der Waals surface area contributed by atoms with Crippen LogP contribution in [-0.4, -0.2) is 22.3 Å². The summed E-state index contributed by atoms with van der Waals surface area (Å²) >= 11 is 0. The molecule has 3 nitrogen and oxygen atoms in total. The molecule has 0 aromatic carbocycles. The zero-order valence-corrected chi connectivity index (χ0v) is 15.3. The Labute approximate surface area is 146 Å². The van der Waals surface area contributed by atoms with E-state index >= 15 is 0 Å². The van der Waals surface area contributed by atoms with Crippen LogP contribution in [0.25, 0.3) is 0 Å². The average molecular weight is 334 g/mol. The van der Waals surface area contributed by atoms with Gasteiger partial charge in [0.05, 0.1) is 0 Å². The molecule has 4 saturated carbocycles. The van der Waals surface area contributed by atoms with Crippen molar-refractivity contribution in [2.45, 2.75) is 84.3 Å². The summed E-state index contributed by atoms with van der Waals surface area (Å²) in [5.74, 6) is 3.02. The summed E-state index contributed by atoms with van der Waals surface area (Å²) in [6.45, 7) is 4.71. The van der Waals surface area contributed by atoms with Gasteiger partial charge < -0.3 is 10.2 Å². The van der Waals surface area contributed by atoms with E-state index in [-0.39, 0.29) is 16.7 Å². The number of carbonyl (C=O) groups is 1. The summed E-state index contributed by atoms with van der Waals surface area (Å²) in [6.07, 6.45) is 9.89. The molecule has 3 heteroatoms. The molecule has 136 valence electrons. The molecule has 0 aromatic heterocycles. The van der Waals surface area contributed by atoms with Crippen molar-refractivity contribution in [3.8, 4) is 0 Å². The zero-order valence-electron chi connectivity index (χ0n) is 15.3. The third-order valence-electron chi connectivity index (χ3n) is 8.96. The summed E-state index contributed by atoms with van der Waals surface area (Å²) in [5, 5.41) is 19.0. The molecule has 24 heavy (non-hydrogen) atoms. The van der Waals surface area contributed by atoms with Crippen molar-refractivity contribution in [2.24, 2.45) is 40.4 Å². The molecule has 4 rings (SSSR count). The van der Waals surface area contributed by atoms with E-state index < -0.39 is 6.29 Å². The van der Waals surface area contributed by atoms with Crippen LogP contribution in [0.5, 0.6) is 0 Å². The largest absolute Gasteiger partial charge is 0.368 e. The predicted molar refractivity (Wildman–Crippen MR) is 93.1 cm³/mol. The van der Waals surface area contributed by atoms with Crippen molar-refractivity contribution in [1.29, 1.82) is 0 Å². The maximum atomic E-state index is 13.3. The Morgan fingerprint density at radius 1 is 1.04 bits per heavy atom. The Hall–Kier alpha value is -0.410. The third kappa shape index (κ3) is 2.34. The van der Waals surface area contributed by atoms with E-state index in [1.54, 1.807) is 0 Å². The number of Topliss-reactive ketones (excluding diaryl/α,β-unsaturated/α-hetero) is 1. The highest BCUT2D eigenvalue weighted by molar-refractivity contribution is 5.84. The van der Waals surface area contributed by atoms with Crippen molar-refractivity contribution < 1.29 is 15.0 Å². The van der Waals surface area contributed by atoms with E-state index in [0.29, 0.717) is 36.4 Å². The standard InChI is InChI=1S/C21H34O3/c1-20-10-4-3-5-13(20)6-8-15-16-9-7-14(11-18(23)24)21(16,2)12-17(22)19(15)20/h13-16,18-19,23-24H,3-12H2,1-2H3/t13?,14-,15+,16+,19-,20+,21-/m1/s1. The molecule has 0 saturated heterocycles. The smallest absolute Gasteiger partial charge is 0.151 e. The SMILES string of the molecule is C[C@]12CC(=O)[C@H]3[C@@H](CCC4CCCC[C@@]43C)[C@@H]1CC[C@@H]2CC(O)O. The normalized spacial score (nSPS) is 51.2. The molecule has 0 radical (unpaired) electrons. The van der Waals surface area contributed by atoms with Gasteiger partial charge in [0.15, 0.2) is 6.29 Å². The molecule has 0 spiro atoms. The van der Waals surface area contributed by atoms with Gasteiger partial charge in [0.2, 0.25) is 0 Å². The minimum atomic E-state index is -1.23. The highest BCUT2D eigenvalue weighted by Gasteiger charge is 2.62. The Morgan fingerprint density at radius 3 is 2.58 bits per heavy atom. The fourth-order valence-electron chi connectivity index (χ4n) is 7.85. The van der Waals surface area contributed by atoms with Crippen molar-refractivity contribution in [3.63, 3.8) is 0 Å². The first-order valence-electron chi connectivity index (χ1n) is 10.2. The first-order chi connectivity index (χ1) is 11.4. The van der Waals surface area contributed by atoms with E-state index in [1.165, 1.54) is 44.9 Å². The molecular formula is C21H34O3. The quantitative estimate of drug-likeness (QED) is 0.753. The minimum absolute atomic E-state index is 0.000175. The number of ketones is 1. The summed E-state index contributed by atoms with van der Waals surface area (Å²) in [5.41, 5.74) is 0.244. The zero-order chi connectivity index (χ0) is 17.1. The Bertz CT molecular complexity index is 515. The van der Waals surface area contributed by atoms with Gasteiger partial charge in [0.25, 0.3) is 0 Å². The maximum Gasteiger partial charge on any atom is 0.151 e. The molecule has 4 aliphatic carbocycles. The molecule has 2 N–H and O–H groups in total. The van der Waals surface area contributed by atoms with Crippen molar-refractivity contribution in [2.75, 3.05) is 0 Å². The van der Waals surface area contributed by atoms with Crippen molar-refractivity contribution in [1.82, 2.24) is 0 Å². The first kappa shape index (κ1) is 17.0. The fourth-order valence-corrected chi connectivity index (χ4v) is 7.85. The van der Waals surface area contributed by atoms with Crippen molar-refractivity contribution >= 4 is 5.78 Å². The molecule has 0 amide bonds. The summed E-state index contributed by atoms with van der Waals surface area (Å²) in [4.78, 5) is 13.3. The predicted octanol–water partition coefficient (Wildman–Crippen LogP) is 3.92. The second-order valence-electron chi connectivity index (χ2n) is 9.91. The van der Waals surface area contributed by atoms with Crippen LogP contribution in [0, 0.1) is 40.4 Å². The van der Waals surface area contributed by atoms with Gasteiger partial charge in [-0.3, -0.25) is 4.79 Å². The Kier molecular flexibility index (Phi) is 4.12. The van der Waals surface area contributed by atoms with Gasteiger partial charge in [-0.25, -0.2) is 0 Å². The molecule has 7 atom stereocenters. The third-order valence-corrected chi connectivity index (χ3v) is 8.96. The lowest BCUT2D eigenvalue weighted by Gasteiger charge is -2.59. The number of hydrogen-bond acceptors (Lipinski definition) is 3. The van der Waals surface area contributed by atoms with E-state index in [9.17, 15) is 15.0 Å². The number of aliphatic hydroxyl groups excluding tert-OH is 1. The maximum absolute atomic E-state index is 13.3. The van der Waals surface area contributed by atoms with Gasteiger partial charge in [-0.15, -0.1) is 0 Å². The second-order valence-corrected chi connectivity index (χ2v) is 9.91. The monoisotopic (exact) mass is 334 g/mol. The minimum Gasteiger partial charge on any atom is -0.368 e. The number of fused-ring (bicyclic) bond motifs is 5. The van der Waals surface area contributed by atoms with Crippen LogP contribution < -0.4 is 0 Å². The second kappa shape index (κ2) is 5.81. The lowest BCUT2D eigenvalue weighted by Crippen LogP contribution is -2.56. The number of hydrogen-bond donors (Lipinski definition) is 2. The molecule has 0 bridgehead atoms. The Morgan fingerprint density at radius 2 is 1.83 bits per heavy atom. The van der Waals surface area contributed by atoms with Crippen LogP contribution >= 0.6 is 0 Å². The highest BCUT2D eigenvalue weighted by atomic mass is 16.5. The van der Waals surface area contributed by atoms with Gasteiger partial charge in [-0.2, -0.15) is 0 Å². The molecule has 0 heterocycles. The van der Waals surface area contributed by atoms with Gasteiger partial charge in [0.1, 0.15) is 5.78 Å². The van der Waals surface area contributed by atoms with E-state index in [4.69, 9.17) is 0 Å². The van der Waals surface area contributed by atoms with E-state index in [0.717, 1.165) is 12.3 Å². The molecule has 1 unspecified atom stereocenters. The number of rotatable bonds is 2. The van der Waals surface area contributed by atoms with E-state index in [2.05, 4.69) is 13.8 Å². The fraction of sp³-hybridized carbons (Fsp3) is 0.952. The van der Waals surface area contributed by atoms with Crippen LogP contribution in [0.3, 0.4) is 0 Å². The molecule has 0 aliphatic heterocycles. The number of carbonyl (C=O) groups excluding carboxylic acids is 1. The van der Waals surface area contributed by atoms with Crippen LogP contribution in [-0.2, 0) is 4.79 Å². The summed E-state index contributed by atoms with van der Waals surface area (Å²) < 4.78 is 0. The summed E-state index contributed by atoms with van der Waals surface area (Å²) in [7, 11) is 0. The van der Waals surface area contributed by atoms with Crippen LogP contribution in [0.15, 0.2) is 0 Å². The lowest BCUT2D eigenvalue weighted by molar-refractivity contribution is -0.159. The van der Waals surface area contributed by atoms with E-state index in [1.807, 2.05) is 0 Å². The molecule has 4 aliphatic rings. The van der Waals surface area contributed by atoms with Gasteiger partial charge in [0, 0.05) is 18.8 Å². The first-order valence-corrected chi connectivity index (χ1v) is 10.2. The molecule has 4 fully saturated rings. The van der Waals surface area contributed by atoms with Crippen LogP contribution in [0.4, 0.5) is 0 Å². The number of aliphatic hydroxyl groups is 2. The summed E-state index contributed by atoms with van der Waals surface area (Å²) in [6, 6.07) is 0. The van der Waals surface area contributed by atoms with Crippen LogP contribution in [0.2, 0.25) is 0 Å². The van der Waals surface area contributed by atoms with Gasteiger partial charge >= 0.3 is 0 Å². The molecule has 0 aromatic rings. The molecular weight excluding hydrogens is 300 g/mol. The van der Waals surface area contributed by atoms with Crippen LogP contribution in [0.1, 0.15) is 78.1 Å². The highest BCUT2D eigenvalue weighted by Crippen LogP contribution is 2.66. The van der Waals surface area contributed by atoms with Gasteiger partial charge in [-0.1, -0.05) is 26.7 Å². The van der Waals surface area contributed by atoms with Crippen molar-refractivity contribution in [3.05, 3.63) is 0 Å². The average Bonchev–Trinajstić information content (AvgIpc) is 2.82. The lowest BCUT2D eigenvalue weighted by atomic mass is 9.44.